The summed E-state index contributed by atoms with van der Waals surface area (Å²) in [6, 6.07) is 14.0. The highest BCUT2D eigenvalue weighted by Gasteiger charge is 2.05. The molecule has 1 aromatic heterocycles. The molecule has 2 aromatic rings. The molecular weight excluding hydrogens is 210 g/mol. The molecule has 0 saturated heterocycles. The molecule has 0 amide bonds. The number of para-hydroxylation sites is 1. The van der Waals surface area contributed by atoms with Gasteiger partial charge in [0, 0.05) is 12.7 Å². The minimum atomic E-state index is 0.570. The lowest BCUT2D eigenvalue weighted by Gasteiger charge is -2.21. The molecule has 0 aliphatic heterocycles. The molecule has 0 fully saturated rings. The zero-order valence-corrected chi connectivity index (χ0v) is 10.2. The summed E-state index contributed by atoms with van der Waals surface area (Å²) in [4.78, 5) is 6.48. The molecule has 0 saturated carbocycles. The van der Waals surface area contributed by atoms with E-state index in [-0.39, 0.29) is 0 Å². The molecule has 1 heterocycles. The first kappa shape index (κ1) is 11.5. The fourth-order valence-corrected chi connectivity index (χ4v) is 1.91. The molecule has 0 aliphatic carbocycles. The van der Waals surface area contributed by atoms with Gasteiger partial charge < -0.3 is 10.6 Å². The molecule has 1 aromatic carbocycles. The topological polar surface area (TPSA) is 42.1 Å². The van der Waals surface area contributed by atoms with Gasteiger partial charge in [-0.3, -0.25) is 0 Å². The Hall–Kier alpha value is -2.03. The lowest BCUT2D eigenvalue weighted by Crippen LogP contribution is -2.18. The van der Waals surface area contributed by atoms with Gasteiger partial charge in [0.15, 0.2) is 0 Å². The first-order valence-corrected chi connectivity index (χ1v) is 5.65. The second kappa shape index (κ2) is 4.87. The van der Waals surface area contributed by atoms with Crippen molar-refractivity contribution >= 4 is 11.5 Å². The number of hydrogen-bond acceptors (Lipinski definition) is 3. The van der Waals surface area contributed by atoms with Gasteiger partial charge in [-0.1, -0.05) is 24.3 Å². The predicted molar refractivity (Wildman–Crippen MR) is 71.9 cm³/mol. The molecule has 2 N–H and O–H groups in total. The quantitative estimate of drug-likeness (QED) is 0.876. The van der Waals surface area contributed by atoms with Crippen molar-refractivity contribution in [3.8, 4) is 0 Å². The normalized spacial score (nSPS) is 10.2. The summed E-state index contributed by atoms with van der Waals surface area (Å²) in [5.41, 5.74) is 9.14. The summed E-state index contributed by atoms with van der Waals surface area (Å²) in [5, 5.41) is 0. The van der Waals surface area contributed by atoms with E-state index < -0.39 is 0 Å². The maximum absolute atomic E-state index is 5.67. The van der Waals surface area contributed by atoms with Crippen molar-refractivity contribution in [1.29, 1.82) is 0 Å². The maximum Gasteiger partial charge on any atom is 0.123 e. The smallest absolute Gasteiger partial charge is 0.123 e. The number of rotatable bonds is 3. The molecule has 0 aliphatic rings. The van der Waals surface area contributed by atoms with E-state index >= 15 is 0 Å². The largest absolute Gasteiger partial charge is 0.384 e. The van der Waals surface area contributed by atoms with Gasteiger partial charge in [0.1, 0.15) is 5.82 Å². The number of benzene rings is 1. The van der Waals surface area contributed by atoms with Gasteiger partial charge in [-0.2, -0.15) is 0 Å². The van der Waals surface area contributed by atoms with Crippen LogP contribution in [0.2, 0.25) is 0 Å². The number of anilines is 2. The molecular formula is C14H17N3. The summed E-state index contributed by atoms with van der Waals surface area (Å²) in [6.07, 6.45) is 0. The molecule has 3 nitrogen and oxygen atoms in total. The van der Waals surface area contributed by atoms with E-state index in [2.05, 4.69) is 36.0 Å². The van der Waals surface area contributed by atoms with E-state index in [0.717, 1.165) is 12.2 Å². The maximum atomic E-state index is 5.67. The van der Waals surface area contributed by atoms with Gasteiger partial charge in [-0.15, -0.1) is 0 Å². The summed E-state index contributed by atoms with van der Waals surface area (Å²) in [5.74, 6) is 0.570. The third kappa shape index (κ3) is 2.75. The van der Waals surface area contributed by atoms with Crippen LogP contribution in [0.3, 0.4) is 0 Å². The monoisotopic (exact) mass is 227 g/mol. The van der Waals surface area contributed by atoms with Gasteiger partial charge in [0.2, 0.25) is 0 Å². The summed E-state index contributed by atoms with van der Waals surface area (Å²) in [6.45, 7) is 2.87. The van der Waals surface area contributed by atoms with E-state index in [0.29, 0.717) is 5.82 Å². The number of nitrogen functional groups attached to an aromatic ring is 1. The molecule has 0 radical (unpaired) electrons. The predicted octanol–water partition coefficient (Wildman–Crippen LogP) is 2.61. The van der Waals surface area contributed by atoms with Crippen LogP contribution in [-0.4, -0.2) is 12.0 Å². The SMILES string of the molecule is Cc1ccccc1N(C)Cc1cccc(N)n1. The van der Waals surface area contributed by atoms with Gasteiger partial charge in [0.25, 0.3) is 0 Å². The van der Waals surface area contributed by atoms with Crippen LogP contribution in [0.1, 0.15) is 11.3 Å². The Labute approximate surface area is 102 Å². The Morgan fingerprint density at radius 1 is 1.12 bits per heavy atom. The first-order valence-electron chi connectivity index (χ1n) is 5.65. The van der Waals surface area contributed by atoms with Crippen LogP contribution in [0, 0.1) is 6.92 Å². The highest BCUT2D eigenvalue weighted by Crippen LogP contribution is 2.19. The summed E-state index contributed by atoms with van der Waals surface area (Å²) < 4.78 is 0. The number of aromatic nitrogens is 1. The molecule has 17 heavy (non-hydrogen) atoms. The lowest BCUT2D eigenvalue weighted by molar-refractivity contribution is 0.883. The minimum absolute atomic E-state index is 0.570. The molecule has 88 valence electrons. The van der Waals surface area contributed by atoms with E-state index in [1.165, 1.54) is 11.3 Å². The highest BCUT2D eigenvalue weighted by atomic mass is 15.1. The molecule has 0 atom stereocenters. The first-order chi connectivity index (χ1) is 8.16. The Kier molecular flexibility index (Phi) is 3.28. The zero-order valence-electron chi connectivity index (χ0n) is 10.2. The van der Waals surface area contributed by atoms with Crippen LogP contribution in [0.5, 0.6) is 0 Å². The van der Waals surface area contributed by atoms with Gasteiger partial charge in [0.05, 0.1) is 12.2 Å². The van der Waals surface area contributed by atoms with Crippen LogP contribution in [0.4, 0.5) is 11.5 Å². The van der Waals surface area contributed by atoms with Crippen LogP contribution in [-0.2, 0) is 6.54 Å². The van der Waals surface area contributed by atoms with Crippen molar-refractivity contribution in [1.82, 2.24) is 4.98 Å². The number of hydrogen-bond donors (Lipinski definition) is 1. The number of aryl methyl sites for hydroxylation is 1. The van der Waals surface area contributed by atoms with E-state index in [1.807, 2.05) is 24.3 Å². The third-order valence-corrected chi connectivity index (χ3v) is 2.75. The van der Waals surface area contributed by atoms with Crippen LogP contribution in [0.25, 0.3) is 0 Å². The average molecular weight is 227 g/mol. The second-order valence-corrected chi connectivity index (χ2v) is 4.20. The standard InChI is InChI=1S/C14H17N3/c1-11-6-3-4-8-13(11)17(2)10-12-7-5-9-14(15)16-12/h3-9H,10H2,1-2H3,(H2,15,16). The Morgan fingerprint density at radius 2 is 1.88 bits per heavy atom. The van der Waals surface area contributed by atoms with E-state index in [9.17, 15) is 0 Å². The minimum Gasteiger partial charge on any atom is -0.384 e. The Balaban J connectivity index is 2.17. The average Bonchev–Trinajstić information content (AvgIpc) is 2.29. The van der Waals surface area contributed by atoms with Crippen molar-refractivity contribution in [2.24, 2.45) is 0 Å². The van der Waals surface area contributed by atoms with Crippen molar-refractivity contribution < 1.29 is 0 Å². The molecule has 2 rings (SSSR count). The van der Waals surface area contributed by atoms with Gasteiger partial charge in [-0.25, -0.2) is 4.98 Å². The number of nitrogens with zero attached hydrogens (tertiary/aromatic N) is 2. The Morgan fingerprint density at radius 3 is 2.59 bits per heavy atom. The van der Waals surface area contributed by atoms with Crippen LogP contribution < -0.4 is 10.6 Å². The molecule has 0 bridgehead atoms. The number of pyridine rings is 1. The molecule has 3 heteroatoms. The third-order valence-electron chi connectivity index (χ3n) is 2.75. The van der Waals surface area contributed by atoms with Crippen LogP contribution >= 0.6 is 0 Å². The molecule has 0 unspecified atom stereocenters. The number of nitrogens with two attached hydrogens (primary N) is 1. The van der Waals surface area contributed by atoms with Gasteiger partial charge in [-0.05, 0) is 30.7 Å². The zero-order chi connectivity index (χ0) is 12.3. The van der Waals surface area contributed by atoms with E-state index in [1.54, 1.807) is 6.07 Å². The van der Waals surface area contributed by atoms with Crippen molar-refractivity contribution in [3.63, 3.8) is 0 Å². The van der Waals surface area contributed by atoms with Crippen molar-refractivity contribution in [2.45, 2.75) is 13.5 Å². The van der Waals surface area contributed by atoms with Crippen LogP contribution in [0.15, 0.2) is 42.5 Å². The van der Waals surface area contributed by atoms with Gasteiger partial charge >= 0.3 is 0 Å². The highest BCUT2D eigenvalue weighted by molar-refractivity contribution is 5.52. The molecule has 0 spiro atoms. The fraction of sp³-hybridized carbons (Fsp3) is 0.214. The fourth-order valence-electron chi connectivity index (χ4n) is 1.91. The van der Waals surface area contributed by atoms with E-state index in [4.69, 9.17) is 5.73 Å². The van der Waals surface area contributed by atoms with Crippen molar-refractivity contribution in [3.05, 3.63) is 53.7 Å². The summed E-state index contributed by atoms with van der Waals surface area (Å²) >= 11 is 0. The summed E-state index contributed by atoms with van der Waals surface area (Å²) in [7, 11) is 2.06. The Bertz CT molecular complexity index is 508. The van der Waals surface area contributed by atoms with Crippen molar-refractivity contribution in [2.75, 3.05) is 17.7 Å². The second-order valence-electron chi connectivity index (χ2n) is 4.20. The lowest BCUT2D eigenvalue weighted by atomic mass is 10.2.